The van der Waals surface area contributed by atoms with Crippen molar-refractivity contribution in [3.63, 3.8) is 0 Å². The van der Waals surface area contributed by atoms with Crippen LogP contribution >= 0.6 is 46.7 Å². The molecule has 0 amide bonds. The predicted octanol–water partition coefficient (Wildman–Crippen LogP) is 4.41. The third-order valence-corrected chi connectivity index (χ3v) is 5.37. The van der Waals surface area contributed by atoms with E-state index in [1.165, 1.54) is 4.88 Å². The monoisotopic (exact) mass is 464 g/mol. The van der Waals surface area contributed by atoms with Gasteiger partial charge in [0.1, 0.15) is 5.01 Å². The van der Waals surface area contributed by atoms with Gasteiger partial charge in [0.15, 0.2) is 5.96 Å². The number of aromatic nitrogens is 1. The van der Waals surface area contributed by atoms with Crippen LogP contribution in [0.4, 0.5) is 0 Å². The van der Waals surface area contributed by atoms with Crippen LogP contribution in [0.15, 0.2) is 27.9 Å². The third-order valence-electron chi connectivity index (χ3n) is 3.40. The van der Waals surface area contributed by atoms with Crippen molar-refractivity contribution in [2.75, 3.05) is 13.6 Å². The number of halogens is 1. The molecule has 0 aromatic carbocycles. The van der Waals surface area contributed by atoms with Gasteiger partial charge in [-0.05, 0) is 17.4 Å². The van der Waals surface area contributed by atoms with Gasteiger partial charge >= 0.3 is 0 Å². The maximum atomic E-state index is 4.63. The highest BCUT2D eigenvalue weighted by atomic mass is 127. The van der Waals surface area contributed by atoms with Crippen LogP contribution in [0.1, 0.15) is 48.2 Å². The Bertz CT molecular complexity index is 593. The number of hydrogen-bond acceptors (Lipinski definition) is 4. The summed E-state index contributed by atoms with van der Waals surface area (Å²) in [6.07, 6.45) is 0. The van der Waals surface area contributed by atoms with E-state index >= 15 is 0 Å². The molecule has 0 bridgehead atoms. The van der Waals surface area contributed by atoms with Crippen molar-refractivity contribution in [3.05, 3.63) is 38.5 Å². The summed E-state index contributed by atoms with van der Waals surface area (Å²) in [7, 11) is 1.80. The van der Waals surface area contributed by atoms with E-state index in [4.69, 9.17) is 0 Å². The van der Waals surface area contributed by atoms with Gasteiger partial charge in [-0.15, -0.1) is 46.7 Å². The molecule has 7 heteroatoms. The maximum Gasteiger partial charge on any atom is 0.191 e. The largest absolute Gasteiger partial charge is 0.356 e. The zero-order valence-electron chi connectivity index (χ0n) is 14.0. The first-order chi connectivity index (χ1) is 10.6. The fraction of sp³-hybridized carbons (Fsp3) is 0.500. The van der Waals surface area contributed by atoms with Gasteiger partial charge in [-0.1, -0.05) is 26.8 Å². The lowest BCUT2D eigenvalue weighted by Gasteiger charge is -2.14. The van der Waals surface area contributed by atoms with Crippen molar-refractivity contribution >= 4 is 52.6 Å². The Kier molecular flexibility index (Phi) is 9.08. The molecule has 0 aliphatic carbocycles. The fourth-order valence-corrected chi connectivity index (χ4v) is 3.66. The van der Waals surface area contributed by atoms with Gasteiger partial charge in [0.05, 0.1) is 12.2 Å². The summed E-state index contributed by atoms with van der Waals surface area (Å²) in [6, 6.07) is 4.27. The fourth-order valence-electron chi connectivity index (χ4n) is 1.97. The van der Waals surface area contributed by atoms with Crippen LogP contribution in [0.5, 0.6) is 0 Å². The van der Waals surface area contributed by atoms with E-state index in [1.54, 1.807) is 29.7 Å². The highest BCUT2D eigenvalue weighted by Gasteiger charge is 2.09. The maximum absolute atomic E-state index is 4.63. The molecule has 2 aromatic heterocycles. The summed E-state index contributed by atoms with van der Waals surface area (Å²) in [5, 5.41) is 12.1. The van der Waals surface area contributed by atoms with Crippen molar-refractivity contribution in [2.45, 2.75) is 39.2 Å². The molecular weight excluding hydrogens is 439 g/mol. The normalized spacial score (nSPS) is 12.8. The highest BCUT2D eigenvalue weighted by molar-refractivity contribution is 14.0. The molecule has 2 rings (SSSR count). The van der Waals surface area contributed by atoms with Crippen LogP contribution in [0.25, 0.3) is 0 Å². The SMILES string of the molecule is CN=C(NCc1nc(C(C)C)cs1)NCC(C)c1cccs1.I. The molecule has 0 saturated carbocycles. The lowest BCUT2D eigenvalue weighted by Crippen LogP contribution is -2.38. The van der Waals surface area contributed by atoms with Gasteiger partial charge in [0.2, 0.25) is 0 Å². The molecular formula is C16H25IN4S2. The molecule has 0 aliphatic heterocycles. The highest BCUT2D eigenvalue weighted by Crippen LogP contribution is 2.19. The first kappa shape index (κ1) is 20.4. The molecule has 0 radical (unpaired) electrons. The van der Waals surface area contributed by atoms with Crippen LogP contribution in [0.2, 0.25) is 0 Å². The molecule has 0 spiro atoms. The molecule has 4 nitrogen and oxygen atoms in total. The first-order valence-electron chi connectivity index (χ1n) is 7.52. The molecule has 128 valence electrons. The molecule has 0 aliphatic rings. The first-order valence-corrected chi connectivity index (χ1v) is 9.28. The molecule has 1 atom stereocenters. The van der Waals surface area contributed by atoms with Crippen LogP contribution in [0, 0.1) is 0 Å². The Labute approximate surface area is 163 Å². The Balaban J connectivity index is 0.00000264. The zero-order valence-corrected chi connectivity index (χ0v) is 18.0. The standard InChI is InChI=1S/C16H24N4S2.HI/c1-11(2)13-10-22-15(20-13)9-19-16(17-4)18-8-12(3)14-6-5-7-21-14;/h5-7,10-12H,8-9H2,1-4H3,(H2,17,18,19);1H. The Morgan fingerprint density at radius 3 is 2.61 bits per heavy atom. The quantitative estimate of drug-likeness (QED) is 0.378. The number of nitrogens with one attached hydrogen (secondary N) is 2. The lowest BCUT2D eigenvalue weighted by atomic mass is 10.1. The third kappa shape index (κ3) is 6.39. The molecule has 0 saturated heterocycles. The number of nitrogens with zero attached hydrogens (tertiary/aromatic N) is 2. The lowest BCUT2D eigenvalue weighted by molar-refractivity contribution is 0.706. The van der Waals surface area contributed by atoms with E-state index in [0.29, 0.717) is 18.4 Å². The van der Waals surface area contributed by atoms with Gasteiger partial charge in [-0.2, -0.15) is 0 Å². The van der Waals surface area contributed by atoms with Gasteiger partial charge in [0, 0.05) is 29.8 Å². The zero-order chi connectivity index (χ0) is 15.9. The van der Waals surface area contributed by atoms with Crippen LogP contribution in [-0.2, 0) is 6.54 Å². The minimum Gasteiger partial charge on any atom is -0.356 e. The number of aliphatic imine (C=N–C) groups is 1. The Morgan fingerprint density at radius 1 is 1.26 bits per heavy atom. The van der Waals surface area contributed by atoms with Crippen molar-refractivity contribution < 1.29 is 0 Å². The summed E-state index contributed by atoms with van der Waals surface area (Å²) in [4.78, 5) is 10.3. The van der Waals surface area contributed by atoms with Crippen molar-refractivity contribution in [2.24, 2.45) is 4.99 Å². The topological polar surface area (TPSA) is 49.3 Å². The van der Waals surface area contributed by atoms with Crippen molar-refractivity contribution in [1.82, 2.24) is 15.6 Å². The smallest absolute Gasteiger partial charge is 0.191 e. The van der Waals surface area contributed by atoms with Crippen LogP contribution < -0.4 is 10.6 Å². The second-order valence-corrected chi connectivity index (χ2v) is 7.47. The van der Waals surface area contributed by atoms with Gasteiger partial charge in [0.25, 0.3) is 0 Å². The van der Waals surface area contributed by atoms with Crippen LogP contribution in [0.3, 0.4) is 0 Å². The summed E-state index contributed by atoms with van der Waals surface area (Å²) in [5.41, 5.74) is 1.16. The minimum absolute atomic E-state index is 0. The number of thiazole rings is 1. The minimum atomic E-state index is 0. The van der Waals surface area contributed by atoms with Gasteiger partial charge < -0.3 is 10.6 Å². The van der Waals surface area contributed by atoms with Gasteiger partial charge in [-0.25, -0.2) is 4.98 Å². The number of guanidine groups is 1. The van der Waals surface area contributed by atoms with E-state index in [0.717, 1.165) is 23.2 Å². The van der Waals surface area contributed by atoms with E-state index in [9.17, 15) is 0 Å². The second-order valence-electron chi connectivity index (χ2n) is 5.54. The van der Waals surface area contributed by atoms with E-state index in [-0.39, 0.29) is 24.0 Å². The molecule has 0 fully saturated rings. The molecule has 2 N–H and O–H groups in total. The average Bonchev–Trinajstić information content (AvgIpc) is 3.18. The van der Waals surface area contributed by atoms with E-state index < -0.39 is 0 Å². The number of hydrogen-bond donors (Lipinski definition) is 2. The number of thiophene rings is 1. The van der Waals surface area contributed by atoms with E-state index in [1.807, 2.05) is 0 Å². The summed E-state index contributed by atoms with van der Waals surface area (Å²) >= 11 is 3.50. The molecule has 2 heterocycles. The Hall–Kier alpha value is -0.670. The van der Waals surface area contributed by atoms with Crippen molar-refractivity contribution in [3.8, 4) is 0 Å². The molecule has 1 unspecified atom stereocenters. The summed E-state index contributed by atoms with van der Waals surface area (Å²) in [6.45, 7) is 8.14. The average molecular weight is 464 g/mol. The second kappa shape index (κ2) is 10.2. The van der Waals surface area contributed by atoms with Gasteiger partial charge in [-0.3, -0.25) is 4.99 Å². The summed E-state index contributed by atoms with van der Waals surface area (Å²) in [5.74, 6) is 1.78. The number of rotatable bonds is 6. The molecule has 23 heavy (non-hydrogen) atoms. The predicted molar refractivity (Wildman–Crippen MR) is 113 cm³/mol. The Morgan fingerprint density at radius 2 is 2.04 bits per heavy atom. The van der Waals surface area contributed by atoms with Crippen LogP contribution in [-0.4, -0.2) is 24.5 Å². The van der Waals surface area contributed by atoms with Crippen molar-refractivity contribution in [1.29, 1.82) is 0 Å². The summed E-state index contributed by atoms with van der Waals surface area (Å²) < 4.78 is 0. The van der Waals surface area contributed by atoms with E-state index in [2.05, 4.69) is 64.3 Å². The molecule has 2 aromatic rings.